The van der Waals surface area contributed by atoms with Crippen molar-refractivity contribution in [3.63, 3.8) is 0 Å². The number of ether oxygens (including phenoxy) is 2. The fraction of sp³-hybridized carbons (Fsp3) is 0.556. The highest BCUT2D eigenvalue weighted by molar-refractivity contribution is 5.65. The molecular formula is C27H34F2O2. The molecule has 0 radical (unpaired) electrons. The fourth-order valence-electron chi connectivity index (χ4n) is 5.04. The maximum absolute atomic E-state index is 14.9. The maximum Gasteiger partial charge on any atom is 0.160 e. The number of benzene rings is 2. The van der Waals surface area contributed by atoms with Crippen molar-refractivity contribution in [2.24, 2.45) is 11.8 Å². The lowest BCUT2D eigenvalue weighted by Gasteiger charge is -2.37. The zero-order chi connectivity index (χ0) is 21.8. The summed E-state index contributed by atoms with van der Waals surface area (Å²) in [7, 11) is 0. The van der Waals surface area contributed by atoms with Gasteiger partial charge in [-0.3, -0.25) is 0 Å². The van der Waals surface area contributed by atoms with Gasteiger partial charge >= 0.3 is 0 Å². The van der Waals surface area contributed by atoms with E-state index in [9.17, 15) is 8.78 Å². The first-order valence-corrected chi connectivity index (χ1v) is 11.8. The highest BCUT2D eigenvalue weighted by Gasteiger charge is 2.33. The van der Waals surface area contributed by atoms with Crippen molar-refractivity contribution in [2.45, 2.75) is 71.0 Å². The molecule has 0 spiro atoms. The Kier molecular flexibility index (Phi) is 7.39. The molecule has 1 heterocycles. The lowest BCUT2D eigenvalue weighted by molar-refractivity contribution is -0.229. The quantitative estimate of drug-likeness (QED) is 0.477. The Morgan fingerprint density at radius 3 is 2.10 bits per heavy atom. The van der Waals surface area contributed by atoms with Gasteiger partial charge in [0.1, 0.15) is 11.6 Å². The molecule has 2 nitrogen and oxygen atoms in total. The second-order valence-corrected chi connectivity index (χ2v) is 9.38. The summed E-state index contributed by atoms with van der Waals surface area (Å²) in [4.78, 5) is 0. The van der Waals surface area contributed by atoms with Crippen LogP contribution < -0.4 is 0 Å². The normalized spacial score (nSPS) is 26.7. The molecule has 0 bridgehead atoms. The van der Waals surface area contributed by atoms with E-state index in [-0.39, 0.29) is 17.8 Å². The van der Waals surface area contributed by atoms with Gasteiger partial charge in [-0.15, -0.1) is 0 Å². The van der Waals surface area contributed by atoms with E-state index in [4.69, 9.17) is 9.47 Å². The van der Waals surface area contributed by atoms with Crippen LogP contribution in [0.1, 0.15) is 68.9 Å². The first-order chi connectivity index (χ1) is 15.0. The summed E-state index contributed by atoms with van der Waals surface area (Å²) in [5.74, 6) is 0.139. The summed E-state index contributed by atoms with van der Waals surface area (Å²) >= 11 is 0. The molecule has 2 aliphatic rings. The van der Waals surface area contributed by atoms with Crippen LogP contribution in [0.15, 0.2) is 36.4 Å². The Morgan fingerprint density at radius 1 is 0.903 bits per heavy atom. The highest BCUT2D eigenvalue weighted by atomic mass is 19.1. The number of halogens is 2. The van der Waals surface area contributed by atoms with E-state index in [0.717, 1.165) is 50.0 Å². The summed E-state index contributed by atoms with van der Waals surface area (Å²) in [5.41, 5.74) is 2.49. The zero-order valence-electron chi connectivity index (χ0n) is 18.7. The van der Waals surface area contributed by atoms with Crippen molar-refractivity contribution in [3.8, 4) is 11.1 Å². The minimum absolute atomic E-state index is 0.0686. The zero-order valence-corrected chi connectivity index (χ0v) is 18.7. The van der Waals surface area contributed by atoms with Crippen molar-refractivity contribution < 1.29 is 18.3 Å². The van der Waals surface area contributed by atoms with Gasteiger partial charge < -0.3 is 9.47 Å². The maximum atomic E-state index is 14.9. The molecule has 4 rings (SSSR count). The summed E-state index contributed by atoms with van der Waals surface area (Å²) in [6.45, 7) is 5.76. The molecule has 4 heteroatoms. The third-order valence-corrected chi connectivity index (χ3v) is 6.99. The van der Waals surface area contributed by atoms with Gasteiger partial charge in [0.2, 0.25) is 0 Å². The lowest BCUT2D eigenvalue weighted by Crippen LogP contribution is -2.38. The summed E-state index contributed by atoms with van der Waals surface area (Å²) in [6, 6.07) is 10.4. The highest BCUT2D eigenvalue weighted by Crippen LogP contribution is 2.40. The minimum atomic E-state index is -0.474. The van der Waals surface area contributed by atoms with Crippen molar-refractivity contribution in [3.05, 3.63) is 59.2 Å². The molecule has 0 aromatic heterocycles. The second-order valence-electron chi connectivity index (χ2n) is 9.38. The summed E-state index contributed by atoms with van der Waals surface area (Å²) in [5, 5.41) is 0. The van der Waals surface area contributed by atoms with Crippen LogP contribution in [-0.2, 0) is 9.47 Å². The molecule has 0 N–H and O–H groups in total. The Labute approximate surface area is 185 Å². The standard InChI is InChI=1S/C27H34F2O2/c1-3-4-5-19-16-30-27(31-17-19)22-12-10-20(11-13-22)23-14-24(28)26(25(29)15-23)21-8-6-18(2)7-9-21/h6-9,14-15,19-20,22,27H,3-5,10-13,16-17H2,1-2H3. The Bertz CT molecular complexity index is 825. The molecule has 168 valence electrons. The predicted molar refractivity (Wildman–Crippen MR) is 120 cm³/mol. The molecular weight excluding hydrogens is 394 g/mol. The molecule has 0 unspecified atom stereocenters. The third-order valence-electron chi connectivity index (χ3n) is 6.99. The number of hydrogen-bond donors (Lipinski definition) is 0. The molecule has 0 amide bonds. The van der Waals surface area contributed by atoms with Gasteiger partial charge in [-0.2, -0.15) is 0 Å². The van der Waals surface area contributed by atoms with E-state index in [2.05, 4.69) is 6.92 Å². The molecule has 1 saturated carbocycles. The van der Waals surface area contributed by atoms with Gasteiger partial charge in [-0.25, -0.2) is 8.78 Å². The van der Waals surface area contributed by atoms with Gasteiger partial charge in [0, 0.05) is 11.8 Å². The van der Waals surface area contributed by atoms with E-state index in [1.807, 2.05) is 19.1 Å². The summed E-state index contributed by atoms with van der Waals surface area (Å²) < 4.78 is 41.8. The molecule has 31 heavy (non-hydrogen) atoms. The Balaban J connectivity index is 1.35. The van der Waals surface area contributed by atoms with E-state index in [1.54, 1.807) is 12.1 Å². The number of unbranched alkanes of at least 4 members (excludes halogenated alkanes) is 1. The number of hydrogen-bond acceptors (Lipinski definition) is 2. The molecule has 2 fully saturated rings. The smallest absolute Gasteiger partial charge is 0.160 e. The van der Waals surface area contributed by atoms with Crippen LogP contribution in [0.2, 0.25) is 0 Å². The van der Waals surface area contributed by atoms with Gasteiger partial charge in [0.15, 0.2) is 6.29 Å². The average Bonchev–Trinajstić information content (AvgIpc) is 2.79. The second kappa shape index (κ2) is 10.2. The van der Waals surface area contributed by atoms with Crippen LogP contribution in [-0.4, -0.2) is 19.5 Å². The minimum Gasteiger partial charge on any atom is -0.352 e. The van der Waals surface area contributed by atoms with E-state index in [1.165, 1.54) is 31.4 Å². The van der Waals surface area contributed by atoms with Crippen LogP contribution in [0.5, 0.6) is 0 Å². The van der Waals surface area contributed by atoms with Gasteiger partial charge in [0.25, 0.3) is 0 Å². The topological polar surface area (TPSA) is 18.5 Å². The predicted octanol–water partition coefficient (Wildman–Crippen LogP) is 7.39. The van der Waals surface area contributed by atoms with Crippen molar-refractivity contribution in [2.75, 3.05) is 13.2 Å². The Hall–Kier alpha value is -1.78. The number of rotatable bonds is 6. The number of aryl methyl sites for hydroxylation is 1. The molecule has 2 aromatic rings. The molecule has 1 aliphatic carbocycles. The van der Waals surface area contributed by atoms with Crippen molar-refractivity contribution in [1.29, 1.82) is 0 Å². The van der Waals surface area contributed by atoms with Crippen molar-refractivity contribution in [1.82, 2.24) is 0 Å². The van der Waals surface area contributed by atoms with Crippen molar-refractivity contribution >= 4 is 0 Å². The molecule has 1 saturated heterocycles. The van der Waals surface area contributed by atoms with Crippen LogP contribution in [0.3, 0.4) is 0 Å². The summed E-state index contributed by atoms with van der Waals surface area (Å²) in [6.07, 6.45) is 7.25. The first-order valence-electron chi connectivity index (χ1n) is 11.8. The SMILES string of the molecule is CCCCC1COC(C2CCC(c3cc(F)c(-c4ccc(C)cc4)c(F)c3)CC2)OC1. The molecule has 0 atom stereocenters. The van der Waals surface area contributed by atoms with E-state index >= 15 is 0 Å². The van der Waals surface area contributed by atoms with E-state index in [0.29, 0.717) is 17.4 Å². The monoisotopic (exact) mass is 428 g/mol. The van der Waals surface area contributed by atoms with Crippen LogP contribution in [0, 0.1) is 30.4 Å². The fourth-order valence-corrected chi connectivity index (χ4v) is 5.04. The lowest BCUT2D eigenvalue weighted by atomic mass is 9.78. The van der Waals surface area contributed by atoms with Crippen LogP contribution in [0.25, 0.3) is 11.1 Å². The Morgan fingerprint density at radius 2 is 1.52 bits per heavy atom. The average molecular weight is 429 g/mol. The van der Waals surface area contributed by atoms with Gasteiger partial charge in [-0.05, 0) is 68.2 Å². The van der Waals surface area contributed by atoms with Gasteiger partial charge in [0.05, 0.1) is 18.8 Å². The third kappa shape index (κ3) is 5.35. The molecule has 2 aromatic carbocycles. The first kappa shape index (κ1) is 22.4. The van der Waals surface area contributed by atoms with E-state index < -0.39 is 11.6 Å². The molecule has 1 aliphatic heterocycles. The van der Waals surface area contributed by atoms with Crippen LogP contribution >= 0.6 is 0 Å². The van der Waals surface area contributed by atoms with Gasteiger partial charge in [-0.1, -0.05) is 49.6 Å². The largest absolute Gasteiger partial charge is 0.352 e. The van der Waals surface area contributed by atoms with Crippen LogP contribution in [0.4, 0.5) is 8.78 Å².